The SMILES string of the molecule is COc1ncc(C)c(-n2nc3c(c2N)c(=O)[nH]c2ccccc23)n1. The number of ether oxygens (including phenoxy) is 1. The summed E-state index contributed by atoms with van der Waals surface area (Å²) >= 11 is 0. The molecule has 8 heteroatoms. The van der Waals surface area contributed by atoms with E-state index in [4.69, 9.17) is 10.5 Å². The number of pyridine rings is 1. The Labute approximate surface area is 135 Å². The molecule has 4 aromatic rings. The van der Waals surface area contributed by atoms with E-state index in [1.807, 2.05) is 31.2 Å². The van der Waals surface area contributed by atoms with Crippen molar-refractivity contribution in [2.75, 3.05) is 12.8 Å². The van der Waals surface area contributed by atoms with Crippen LogP contribution in [-0.4, -0.2) is 31.8 Å². The number of aromatic nitrogens is 5. The van der Waals surface area contributed by atoms with Crippen LogP contribution >= 0.6 is 0 Å². The average molecular weight is 322 g/mol. The van der Waals surface area contributed by atoms with E-state index >= 15 is 0 Å². The fourth-order valence-electron chi connectivity index (χ4n) is 2.72. The van der Waals surface area contributed by atoms with E-state index in [-0.39, 0.29) is 17.4 Å². The van der Waals surface area contributed by atoms with Crippen molar-refractivity contribution in [3.05, 3.63) is 46.4 Å². The smallest absolute Gasteiger partial charge is 0.318 e. The Morgan fingerprint density at radius 3 is 2.88 bits per heavy atom. The van der Waals surface area contributed by atoms with Crippen LogP contribution in [0.1, 0.15) is 5.56 Å². The van der Waals surface area contributed by atoms with Gasteiger partial charge in [-0.3, -0.25) is 4.79 Å². The number of nitrogens with two attached hydrogens (primary N) is 1. The van der Waals surface area contributed by atoms with Crippen LogP contribution in [0.2, 0.25) is 0 Å². The van der Waals surface area contributed by atoms with Crippen LogP contribution < -0.4 is 16.0 Å². The monoisotopic (exact) mass is 322 g/mol. The molecule has 3 heterocycles. The first-order chi connectivity index (χ1) is 11.6. The Hall–Kier alpha value is -3.42. The van der Waals surface area contributed by atoms with Gasteiger partial charge in [0.15, 0.2) is 5.82 Å². The van der Waals surface area contributed by atoms with Gasteiger partial charge in [-0.2, -0.15) is 14.8 Å². The third-order valence-corrected chi connectivity index (χ3v) is 3.88. The zero-order chi connectivity index (χ0) is 16.8. The molecule has 0 saturated carbocycles. The Bertz CT molecular complexity index is 1140. The summed E-state index contributed by atoms with van der Waals surface area (Å²) in [5.41, 5.74) is 7.91. The standard InChI is InChI=1S/C16H14N6O2/c1-8-7-18-16(24-2)20-14(8)22-13(17)11-12(21-22)9-5-3-4-6-10(9)19-15(11)23/h3-7H,17H2,1-2H3,(H,19,23). The molecule has 4 rings (SSSR count). The number of para-hydroxylation sites is 1. The second kappa shape index (κ2) is 5.05. The number of fused-ring (bicyclic) bond motifs is 3. The highest BCUT2D eigenvalue weighted by Gasteiger charge is 2.18. The lowest BCUT2D eigenvalue weighted by Gasteiger charge is -2.07. The fourth-order valence-corrected chi connectivity index (χ4v) is 2.72. The molecule has 0 aliphatic carbocycles. The van der Waals surface area contributed by atoms with Crippen molar-refractivity contribution < 1.29 is 4.74 Å². The van der Waals surface area contributed by atoms with Crippen LogP contribution in [0.3, 0.4) is 0 Å². The molecule has 0 radical (unpaired) electrons. The third kappa shape index (κ3) is 1.93. The van der Waals surface area contributed by atoms with Crippen molar-refractivity contribution in [1.82, 2.24) is 24.7 Å². The van der Waals surface area contributed by atoms with Crippen molar-refractivity contribution in [2.45, 2.75) is 6.92 Å². The largest absolute Gasteiger partial charge is 0.467 e. The molecule has 0 aliphatic rings. The molecule has 0 unspecified atom stereocenters. The molecule has 0 fully saturated rings. The lowest BCUT2D eigenvalue weighted by Crippen LogP contribution is -2.10. The minimum atomic E-state index is -0.286. The number of nitrogens with zero attached hydrogens (tertiary/aromatic N) is 4. The summed E-state index contributed by atoms with van der Waals surface area (Å²) in [6.07, 6.45) is 1.62. The Morgan fingerprint density at radius 2 is 2.08 bits per heavy atom. The molecule has 8 nitrogen and oxygen atoms in total. The minimum absolute atomic E-state index is 0.202. The van der Waals surface area contributed by atoms with Gasteiger partial charge in [-0.25, -0.2) is 4.98 Å². The number of nitrogens with one attached hydrogen (secondary N) is 1. The summed E-state index contributed by atoms with van der Waals surface area (Å²) in [6.45, 7) is 1.84. The van der Waals surface area contributed by atoms with E-state index in [1.165, 1.54) is 11.8 Å². The molecule has 0 aliphatic heterocycles. The number of H-pyrrole nitrogens is 1. The van der Waals surface area contributed by atoms with Gasteiger partial charge in [0, 0.05) is 17.1 Å². The maximum atomic E-state index is 12.4. The van der Waals surface area contributed by atoms with Gasteiger partial charge in [0.25, 0.3) is 5.56 Å². The first kappa shape index (κ1) is 14.2. The molecular formula is C16H14N6O2. The normalized spacial score (nSPS) is 11.2. The summed E-state index contributed by atoms with van der Waals surface area (Å²) in [5.74, 6) is 0.694. The number of aromatic amines is 1. The van der Waals surface area contributed by atoms with Gasteiger partial charge in [0.05, 0.1) is 12.6 Å². The molecule has 0 bridgehead atoms. The molecule has 120 valence electrons. The van der Waals surface area contributed by atoms with Gasteiger partial charge in [-0.15, -0.1) is 0 Å². The van der Waals surface area contributed by atoms with Crippen molar-refractivity contribution in [3.8, 4) is 11.8 Å². The second-order valence-electron chi connectivity index (χ2n) is 5.38. The maximum absolute atomic E-state index is 12.4. The van der Waals surface area contributed by atoms with Gasteiger partial charge in [0.1, 0.15) is 16.7 Å². The van der Waals surface area contributed by atoms with Gasteiger partial charge >= 0.3 is 6.01 Å². The van der Waals surface area contributed by atoms with Crippen LogP contribution in [0.15, 0.2) is 35.3 Å². The summed E-state index contributed by atoms with van der Waals surface area (Å²) in [4.78, 5) is 23.6. The number of benzene rings is 1. The quantitative estimate of drug-likeness (QED) is 0.579. The number of hydrogen-bond acceptors (Lipinski definition) is 6. The summed E-state index contributed by atoms with van der Waals surface area (Å²) < 4.78 is 6.52. The molecule has 0 spiro atoms. The lowest BCUT2D eigenvalue weighted by molar-refractivity contribution is 0.378. The zero-order valence-corrected chi connectivity index (χ0v) is 13.1. The van der Waals surface area contributed by atoms with Crippen molar-refractivity contribution in [1.29, 1.82) is 0 Å². The Balaban J connectivity index is 2.12. The number of nitrogen functional groups attached to an aromatic ring is 1. The van der Waals surface area contributed by atoms with E-state index < -0.39 is 0 Å². The van der Waals surface area contributed by atoms with Crippen LogP contribution in [0.4, 0.5) is 5.82 Å². The third-order valence-electron chi connectivity index (χ3n) is 3.88. The van der Waals surface area contributed by atoms with Gasteiger partial charge in [-0.05, 0) is 13.0 Å². The highest BCUT2D eigenvalue weighted by molar-refractivity contribution is 6.06. The molecule has 3 N–H and O–H groups in total. The number of anilines is 1. The molecular weight excluding hydrogens is 308 g/mol. The second-order valence-corrected chi connectivity index (χ2v) is 5.38. The number of methoxy groups -OCH3 is 1. The first-order valence-corrected chi connectivity index (χ1v) is 7.27. The highest BCUT2D eigenvalue weighted by atomic mass is 16.5. The Kier molecular flexibility index (Phi) is 2.99. The lowest BCUT2D eigenvalue weighted by atomic mass is 10.1. The molecule has 1 aromatic carbocycles. The average Bonchev–Trinajstić information content (AvgIpc) is 2.94. The summed E-state index contributed by atoms with van der Waals surface area (Å²) in [7, 11) is 1.48. The number of hydrogen-bond donors (Lipinski definition) is 2. The van der Waals surface area contributed by atoms with Crippen LogP contribution in [-0.2, 0) is 0 Å². The van der Waals surface area contributed by atoms with E-state index in [0.717, 1.165) is 10.9 Å². The van der Waals surface area contributed by atoms with Gasteiger partial charge in [0.2, 0.25) is 0 Å². The van der Waals surface area contributed by atoms with E-state index in [9.17, 15) is 4.79 Å². The summed E-state index contributed by atoms with van der Waals surface area (Å²) in [6, 6.07) is 7.65. The Morgan fingerprint density at radius 1 is 1.29 bits per heavy atom. The topological polar surface area (TPSA) is 112 Å². The van der Waals surface area contributed by atoms with Gasteiger partial charge < -0.3 is 15.5 Å². The first-order valence-electron chi connectivity index (χ1n) is 7.27. The van der Waals surface area contributed by atoms with E-state index in [2.05, 4.69) is 20.1 Å². The fraction of sp³-hybridized carbons (Fsp3) is 0.125. The summed E-state index contributed by atoms with van der Waals surface area (Å²) in [5, 5.41) is 5.69. The van der Waals surface area contributed by atoms with Crippen molar-refractivity contribution >= 4 is 27.6 Å². The predicted octanol–water partition coefficient (Wildman–Crippen LogP) is 1.56. The molecule has 0 atom stereocenters. The predicted molar refractivity (Wildman–Crippen MR) is 90.5 cm³/mol. The molecule has 0 amide bonds. The van der Waals surface area contributed by atoms with Gasteiger partial charge in [-0.1, -0.05) is 18.2 Å². The minimum Gasteiger partial charge on any atom is -0.467 e. The highest BCUT2D eigenvalue weighted by Crippen LogP contribution is 2.27. The van der Waals surface area contributed by atoms with Crippen LogP contribution in [0.25, 0.3) is 27.6 Å². The van der Waals surface area contributed by atoms with Crippen LogP contribution in [0, 0.1) is 6.92 Å². The van der Waals surface area contributed by atoms with E-state index in [0.29, 0.717) is 22.2 Å². The van der Waals surface area contributed by atoms with Crippen molar-refractivity contribution in [3.63, 3.8) is 0 Å². The maximum Gasteiger partial charge on any atom is 0.318 e. The molecule has 3 aromatic heterocycles. The zero-order valence-electron chi connectivity index (χ0n) is 13.1. The number of rotatable bonds is 2. The van der Waals surface area contributed by atoms with Crippen molar-refractivity contribution in [2.24, 2.45) is 0 Å². The molecule has 0 saturated heterocycles. The van der Waals surface area contributed by atoms with Crippen LogP contribution in [0.5, 0.6) is 6.01 Å². The van der Waals surface area contributed by atoms with E-state index in [1.54, 1.807) is 6.20 Å². The molecule has 24 heavy (non-hydrogen) atoms. The number of aryl methyl sites for hydroxylation is 1.